The number of rotatable bonds is 1. The third-order valence-corrected chi connectivity index (χ3v) is 9.24. The summed E-state index contributed by atoms with van der Waals surface area (Å²) in [5.41, 5.74) is -0.404. The highest BCUT2D eigenvalue weighted by Gasteiger charge is 2.62. The molecule has 0 aromatic carbocycles. The van der Waals surface area contributed by atoms with Crippen LogP contribution in [0, 0.1) is 46.8 Å². The second-order valence-corrected chi connectivity index (χ2v) is 10.7. The molecule has 5 saturated carbocycles. The van der Waals surface area contributed by atoms with Crippen LogP contribution in [0.3, 0.4) is 0 Å². The summed E-state index contributed by atoms with van der Waals surface area (Å²) in [5.74, 6) is 6.15. The van der Waals surface area contributed by atoms with Crippen LogP contribution in [0.5, 0.6) is 0 Å². The first-order valence-electron chi connectivity index (χ1n) is 10.6. The lowest BCUT2D eigenvalue weighted by Gasteiger charge is -2.56. The van der Waals surface area contributed by atoms with Gasteiger partial charge in [-0.2, -0.15) is 0 Å². The van der Waals surface area contributed by atoms with E-state index < -0.39 is 5.60 Å². The van der Waals surface area contributed by atoms with Crippen LogP contribution in [0.4, 0.5) is 0 Å². The van der Waals surface area contributed by atoms with Crippen molar-refractivity contribution in [3.63, 3.8) is 0 Å². The zero-order valence-corrected chi connectivity index (χ0v) is 15.5. The summed E-state index contributed by atoms with van der Waals surface area (Å²) in [7, 11) is 0. The molecule has 2 heteroatoms. The average Bonchev–Trinajstić information content (AvgIpc) is 3.32. The van der Waals surface area contributed by atoms with Crippen molar-refractivity contribution in [2.75, 3.05) is 0 Å². The summed E-state index contributed by atoms with van der Waals surface area (Å²) in [6.45, 7) is 4.38. The van der Waals surface area contributed by atoms with Gasteiger partial charge in [-0.1, -0.05) is 6.92 Å². The third kappa shape index (κ3) is 2.20. The first-order chi connectivity index (χ1) is 11.4. The fraction of sp³-hybridized carbons (Fsp3) is 0.955. The molecule has 0 radical (unpaired) electrons. The summed E-state index contributed by atoms with van der Waals surface area (Å²) in [6, 6.07) is 0. The smallest absolute Gasteiger partial charge is 0.139 e. The predicted octanol–water partition coefficient (Wildman–Crippen LogP) is 4.60. The SMILES string of the molecule is C[C@@]1(O)CC[C@H]2[C@H](CC[C@@H]3[C@@H]2CC[C@]2(C)C(=O)CC(C4CC4)[C@@H]32)C1. The minimum absolute atomic E-state index is 0.0153. The van der Waals surface area contributed by atoms with E-state index in [1.807, 2.05) is 6.92 Å². The van der Waals surface area contributed by atoms with Gasteiger partial charge >= 0.3 is 0 Å². The maximum Gasteiger partial charge on any atom is 0.139 e. The van der Waals surface area contributed by atoms with Crippen molar-refractivity contribution < 1.29 is 9.90 Å². The number of Topliss-reactive ketones (excluding diaryl/α,β-unsaturated/α-hetero) is 1. The van der Waals surface area contributed by atoms with Gasteiger partial charge < -0.3 is 5.11 Å². The zero-order chi connectivity index (χ0) is 16.7. The molecule has 0 aromatic rings. The normalized spacial score (nSPS) is 57.2. The van der Waals surface area contributed by atoms with E-state index in [9.17, 15) is 9.90 Å². The van der Waals surface area contributed by atoms with E-state index in [4.69, 9.17) is 0 Å². The van der Waals surface area contributed by atoms with Crippen molar-refractivity contribution in [3.8, 4) is 0 Å². The zero-order valence-electron chi connectivity index (χ0n) is 15.5. The van der Waals surface area contributed by atoms with Gasteiger partial charge in [0.25, 0.3) is 0 Å². The van der Waals surface area contributed by atoms with Crippen molar-refractivity contribution >= 4 is 5.78 Å². The predicted molar refractivity (Wildman–Crippen MR) is 94.3 cm³/mol. The Bertz CT molecular complexity index is 548. The Morgan fingerprint density at radius 3 is 2.29 bits per heavy atom. The minimum atomic E-state index is -0.420. The van der Waals surface area contributed by atoms with Gasteiger partial charge in [0.15, 0.2) is 0 Å². The number of aliphatic hydroxyl groups is 1. The van der Waals surface area contributed by atoms with Crippen LogP contribution in [0.1, 0.15) is 78.1 Å². The lowest BCUT2D eigenvalue weighted by molar-refractivity contribution is -0.136. The van der Waals surface area contributed by atoms with E-state index in [0.717, 1.165) is 61.2 Å². The molecule has 0 heterocycles. The molecule has 0 saturated heterocycles. The summed E-state index contributed by atoms with van der Waals surface area (Å²) in [5, 5.41) is 10.5. The maximum atomic E-state index is 12.9. The lowest BCUT2D eigenvalue weighted by Crippen LogP contribution is -2.51. The van der Waals surface area contributed by atoms with Crippen molar-refractivity contribution in [3.05, 3.63) is 0 Å². The fourth-order valence-corrected chi connectivity index (χ4v) is 8.00. The molecule has 24 heavy (non-hydrogen) atoms. The molecule has 5 rings (SSSR count). The summed E-state index contributed by atoms with van der Waals surface area (Å²) in [6.07, 6.45) is 12.0. The van der Waals surface area contributed by atoms with Crippen LogP contribution >= 0.6 is 0 Å². The molecule has 134 valence electrons. The summed E-state index contributed by atoms with van der Waals surface area (Å²) in [4.78, 5) is 12.9. The van der Waals surface area contributed by atoms with Crippen LogP contribution in [0.25, 0.3) is 0 Å². The highest BCUT2D eigenvalue weighted by molar-refractivity contribution is 5.87. The van der Waals surface area contributed by atoms with Crippen LogP contribution < -0.4 is 0 Å². The molecule has 0 spiro atoms. The average molecular weight is 331 g/mol. The van der Waals surface area contributed by atoms with Crippen LogP contribution in [-0.4, -0.2) is 16.5 Å². The van der Waals surface area contributed by atoms with Crippen molar-refractivity contribution in [1.29, 1.82) is 0 Å². The highest BCUT2D eigenvalue weighted by atomic mass is 16.3. The van der Waals surface area contributed by atoms with E-state index in [2.05, 4.69) is 6.92 Å². The van der Waals surface area contributed by atoms with E-state index in [1.165, 1.54) is 38.5 Å². The molecule has 5 aliphatic rings. The largest absolute Gasteiger partial charge is 0.390 e. The Morgan fingerprint density at radius 1 is 0.833 bits per heavy atom. The Kier molecular flexibility index (Phi) is 3.36. The Labute approximate surface area is 146 Å². The van der Waals surface area contributed by atoms with Gasteiger partial charge in [-0.3, -0.25) is 4.79 Å². The summed E-state index contributed by atoms with van der Waals surface area (Å²) >= 11 is 0. The van der Waals surface area contributed by atoms with Crippen molar-refractivity contribution in [2.24, 2.45) is 46.8 Å². The van der Waals surface area contributed by atoms with E-state index in [1.54, 1.807) is 0 Å². The number of hydrogen-bond acceptors (Lipinski definition) is 2. The molecular weight excluding hydrogens is 296 g/mol. The molecule has 0 amide bonds. The van der Waals surface area contributed by atoms with Gasteiger partial charge in [-0.25, -0.2) is 0 Å². The minimum Gasteiger partial charge on any atom is -0.390 e. The topological polar surface area (TPSA) is 37.3 Å². The molecule has 0 aromatic heterocycles. The van der Waals surface area contributed by atoms with Crippen LogP contribution in [-0.2, 0) is 4.79 Å². The van der Waals surface area contributed by atoms with E-state index in [-0.39, 0.29) is 5.41 Å². The maximum absolute atomic E-state index is 12.9. The monoisotopic (exact) mass is 330 g/mol. The first-order valence-corrected chi connectivity index (χ1v) is 10.6. The molecule has 5 fully saturated rings. The molecule has 8 atom stereocenters. The molecular formula is C22H34O2. The van der Waals surface area contributed by atoms with E-state index >= 15 is 0 Å². The number of ketones is 1. The van der Waals surface area contributed by atoms with E-state index in [0.29, 0.717) is 11.7 Å². The first kappa shape index (κ1) is 15.9. The standard InChI is InChI=1S/C22H34O2/c1-21(24)9-7-15-14(12-21)5-6-17-16(15)8-10-22(2)19(23)11-18(20(17)22)13-3-4-13/h13-18,20,24H,3-12H2,1-2H3/t14-,15+,16-,17-,18?,20-,21-,22-/m1/s1. The molecule has 1 N–H and O–H groups in total. The number of carbonyl (C=O) groups is 1. The Hall–Kier alpha value is -0.370. The van der Waals surface area contributed by atoms with Gasteiger partial charge in [0.2, 0.25) is 0 Å². The van der Waals surface area contributed by atoms with Gasteiger partial charge in [0.05, 0.1) is 5.60 Å². The van der Waals surface area contributed by atoms with Crippen molar-refractivity contribution in [2.45, 2.75) is 83.7 Å². The quantitative estimate of drug-likeness (QED) is 0.763. The third-order valence-electron chi connectivity index (χ3n) is 9.24. The molecule has 0 aliphatic heterocycles. The second kappa shape index (κ2) is 5.09. The van der Waals surface area contributed by atoms with Gasteiger partial charge in [0.1, 0.15) is 5.78 Å². The van der Waals surface area contributed by atoms with Crippen molar-refractivity contribution in [1.82, 2.24) is 0 Å². The molecule has 2 nitrogen and oxygen atoms in total. The molecule has 5 aliphatic carbocycles. The molecule has 0 bridgehead atoms. The molecule has 1 unspecified atom stereocenters. The highest BCUT2D eigenvalue weighted by Crippen LogP contribution is 2.66. The Morgan fingerprint density at radius 2 is 1.54 bits per heavy atom. The lowest BCUT2D eigenvalue weighted by atomic mass is 9.48. The number of fused-ring (bicyclic) bond motifs is 5. The fourth-order valence-electron chi connectivity index (χ4n) is 8.00. The Balaban J connectivity index is 1.43. The number of carbonyl (C=O) groups excluding carboxylic acids is 1. The number of hydrogen-bond donors (Lipinski definition) is 1. The van der Waals surface area contributed by atoms with Gasteiger partial charge in [-0.05, 0) is 106 Å². The summed E-state index contributed by atoms with van der Waals surface area (Å²) < 4.78 is 0. The van der Waals surface area contributed by atoms with Crippen LogP contribution in [0.2, 0.25) is 0 Å². The second-order valence-electron chi connectivity index (χ2n) is 10.7. The van der Waals surface area contributed by atoms with Crippen LogP contribution in [0.15, 0.2) is 0 Å². The van der Waals surface area contributed by atoms with Gasteiger partial charge in [-0.15, -0.1) is 0 Å². The van der Waals surface area contributed by atoms with Gasteiger partial charge in [0, 0.05) is 11.8 Å².